The Hall–Kier alpha value is -1.75. The van der Waals surface area contributed by atoms with Gasteiger partial charge in [-0.15, -0.1) is 0 Å². The molecule has 0 radical (unpaired) electrons. The molecule has 3 N–H and O–H groups in total. The standard InChI is InChI=1S/C12H15NO4/c14-7-8-3-2-6-13(8)12(17)9-4-1-5-10(15)11(9)16/h1,4-5,8,14-16H,2-3,6-7H2. The first-order valence-electron chi connectivity index (χ1n) is 5.58. The number of amides is 1. The molecule has 0 bridgehead atoms. The van der Waals surface area contributed by atoms with Crippen LogP contribution >= 0.6 is 0 Å². The Morgan fingerprint density at radius 1 is 1.41 bits per heavy atom. The van der Waals surface area contributed by atoms with E-state index >= 15 is 0 Å². The number of aromatic hydroxyl groups is 2. The highest BCUT2D eigenvalue weighted by molar-refractivity contribution is 5.98. The lowest BCUT2D eigenvalue weighted by Crippen LogP contribution is -2.37. The van der Waals surface area contributed by atoms with E-state index in [0.29, 0.717) is 6.54 Å². The zero-order valence-electron chi connectivity index (χ0n) is 9.33. The average molecular weight is 237 g/mol. The van der Waals surface area contributed by atoms with Gasteiger partial charge in [0.15, 0.2) is 11.5 Å². The molecule has 0 aliphatic carbocycles. The molecule has 92 valence electrons. The molecule has 1 aromatic carbocycles. The van der Waals surface area contributed by atoms with Gasteiger partial charge in [0.05, 0.1) is 18.2 Å². The van der Waals surface area contributed by atoms with Crippen LogP contribution in [0.4, 0.5) is 0 Å². The average Bonchev–Trinajstić information content (AvgIpc) is 2.80. The Labute approximate surface area is 98.9 Å². The summed E-state index contributed by atoms with van der Waals surface area (Å²) in [6, 6.07) is 4.10. The third-order valence-corrected chi connectivity index (χ3v) is 3.09. The first kappa shape index (κ1) is 11.7. The van der Waals surface area contributed by atoms with Gasteiger partial charge in [0, 0.05) is 6.54 Å². The minimum absolute atomic E-state index is 0.0744. The summed E-state index contributed by atoms with van der Waals surface area (Å²) < 4.78 is 0. The number of benzene rings is 1. The highest BCUT2D eigenvalue weighted by Crippen LogP contribution is 2.30. The van der Waals surface area contributed by atoms with E-state index < -0.39 is 5.75 Å². The van der Waals surface area contributed by atoms with E-state index in [9.17, 15) is 15.0 Å². The van der Waals surface area contributed by atoms with Crippen molar-refractivity contribution in [1.82, 2.24) is 4.90 Å². The number of rotatable bonds is 2. The van der Waals surface area contributed by atoms with Crippen LogP contribution < -0.4 is 0 Å². The Morgan fingerprint density at radius 2 is 2.18 bits per heavy atom. The molecule has 1 aliphatic rings. The number of para-hydroxylation sites is 1. The Bertz CT molecular complexity index is 433. The molecule has 2 rings (SSSR count). The van der Waals surface area contributed by atoms with Gasteiger partial charge in [0.1, 0.15) is 0 Å². The van der Waals surface area contributed by atoms with Crippen molar-refractivity contribution in [2.45, 2.75) is 18.9 Å². The molecule has 0 spiro atoms. The third kappa shape index (κ3) is 2.06. The quantitative estimate of drug-likeness (QED) is 0.661. The Morgan fingerprint density at radius 3 is 2.88 bits per heavy atom. The van der Waals surface area contributed by atoms with E-state index in [0.717, 1.165) is 12.8 Å². The zero-order chi connectivity index (χ0) is 12.4. The number of hydrogen-bond donors (Lipinski definition) is 3. The number of nitrogens with zero attached hydrogens (tertiary/aromatic N) is 1. The van der Waals surface area contributed by atoms with Crippen LogP contribution in [0.25, 0.3) is 0 Å². The van der Waals surface area contributed by atoms with Crippen molar-refractivity contribution in [1.29, 1.82) is 0 Å². The van der Waals surface area contributed by atoms with Crippen LogP contribution in [0.2, 0.25) is 0 Å². The molecule has 5 nitrogen and oxygen atoms in total. The van der Waals surface area contributed by atoms with Crippen LogP contribution in [0.15, 0.2) is 18.2 Å². The molecule has 1 unspecified atom stereocenters. The molecule has 1 atom stereocenters. The van der Waals surface area contributed by atoms with Crippen LogP contribution in [0.1, 0.15) is 23.2 Å². The van der Waals surface area contributed by atoms with Gasteiger partial charge in [0.25, 0.3) is 5.91 Å². The van der Waals surface area contributed by atoms with E-state index in [1.165, 1.54) is 23.1 Å². The number of aliphatic hydroxyl groups excluding tert-OH is 1. The molecule has 5 heteroatoms. The summed E-state index contributed by atoms with van der Waals surface area (Å²) in [5, 5.41) is 28.1. The van der Waals surface area contributed by atoms with Crippen molar-refractivity contribution >= 4 is 5.91 Å². The van der Waals surface area contributed by atoms with E-state index in [2.05, 4.69) is 0 Å². The van der Waals surface area contributed by atoms with Crippen LogP contribution in [0.5, 0.6) is 11.5 Å². The highest BCUT2D eigenvalue weighted by atomic mass is 16.3. The first-order valence-corrected chi connectivity index (χ1v) is 5.58. The molecule has 1 aromatic rings. The largest absolute Gasteiger partial charge is 0.504 e. The second-order valence-electron chi connectivity index (χ2n) is 4.15. The van der Waals surface area contributed by atoms with Gasteiger partial charge in [-0.1, -0.05) is 6.07 Å². The predicted molar refractivity (Wildman–Crippen MR) is 60.9 cm³/mol. The smallest absolute Gasteiger partial charge is 0.258 e. The number of hydrogen-bond acceptors (Lipinski definition) is 4. The first-order chi connectivity index (χ1) is 8.15. The van der Waals surface area contributed by atoms with Crippen molar-refractivity contribution in [2.24, 2.45) is 0 Å². The number of carbonyl (C=O) groups excluding carboxylic acids is 1. The molecule has 0 aromatic heterocycles. The van der Waals surface area contributed by atoms with Crippen LogP contribution in [-0.2, 0) is 0 Å². The fourth-order valence-electron chi connectivity index (χ4n) is 2.15. The zero-order valence-corrected chi connectivity index (χ0v) is 9.33. The molecular formula is C12H15NO4. The summed E-state index contributed by atoms with van der Waals surface area (Å²) in [5.74, 6) is -1.06. The summed E-state index contributed by atoms with van der Waals surface area (Å²) in [5.41, 5.74) is 0.0744. The van der Waals surface area contributed by atoms with E-state index in [1.54, 1.807) is 0 Å². The fourth-order valence-corrected chi connectivity index (χ4v) is 2.15. The maximum absolute atomic E-state index is 12.1. The normalized spacial score (nSPS) is 19.6. The number of phenolic OH excluding ortho intramolecular Hbond substituents is 2. The lowest BCUT2D eigenvalue weighted by molar-refractivity contribution is 0.0674. The number of aliphatic hydroxyl groups is 1. The van der Waals surface area contributed by atoms with E-state index in [-0.39, 0.29) is 29.9 Å². The van der Waals surface area contributed by atoms with Crippen molar-refractivity contribution in [3.8, 4) is 11.5 Å². The van der Waals surface area contributed by atoms with Crippen LogP contribution in [0, 0.1) is 0 Å². The van der Waals surface area contributed by atoms with Crippen molar-refractivity contribution in [3.63, 3.8) is 0 Å². The molecule has 1 heterocycles. The summed E-state index contributed by atoms with van der Waals surface area (Å²) in [4.78, 5) is 13.7. The Balaban J connectivity index is 2.28. The molecule has 17 heavy (non-hydrogen) atoms. The fraction of sp³-hybridized carbons (Fsp3) is 0.417. The minimum Gasteiger partial charge on any atom is -0.504 e. The SMILES string of the molecule is O=C(c1cccc(O)c1O)N1CCCC1CO. The highest BCUT2D eigenvalue weighted by Gasteiger charge is 2.30. The van der Waals surface area contributed by atoms with E-state index in [4.69, 9.17) is 5.11 Å². The summed E-state index contributed by atoms with van der Waals surface area (Å²) in [6.07, 6.45) is 1.61. The van der Waals surface area contributed by atoms with Gasteiger partial charge in [-0.05, 0) is 25.0 Å². The molecule has 1 amide bonds. The van der Waals surface area contributed by atoms with Crippen LogP contribution in [-0.4, -0.2) is 45.3 Å². The third-order valence-electron chi connectivity index (χ3n) is 3.09. The molecule has 1 saturated heterocycles. The molecule has 1 fully saturated rings. The maximum Gasteiger partial charge on any atom is 0.258 e. The second-order valence-corrected chi connectivity index (χ2v) is 4.15. The van der Waals surface area contributed by atoms with Crippen molar-refractivity contribution in [3.05, 3.63) is 23.8 Å². The molecule has 1 aliphatic heterocycles. The Kier molecular flexibility index (Phi) is 3.19. The van der Waals surface area contributed by atoms with Gasteiger partial charge in [0.2, 0.25) is 0 Å². The molecular weight excluding hydrogens is 222 g/mol. The number of phenols is 2. The predicted octanol–water partition coefficient (Wildman–Crippen LogP) is 0.695. The summed E-state index contributed by atoms with van der Waals surface area (Å²) in [7, 11) is 0. The van der Waals surface area contributed by atoms with E-state index in [1.807, 2.05) is 0 Å². The van der Waals surface area contributed by atoms with Gasteiger partial charge in [-0.25, -0.2) is 0 Å². The van der Waals surface area contributed by atoms with Gasteiger partial charge < -0.3 is 20.2 Å². The second kappa shape index (κ2) is 4.63. The lowest BCUT2D eigenvalue weighted by Gasteiger charge is -2.23. The number of carbonyl (C=O) groups is 1. The van der Waals surface area contributed by atoms with Gasteiger partial charge in [-0.3, -0.25) is 4.79 Å². The maximum atomic E-state index is 12.1. The van der Waals surface area contributed by atoms with Crippen molar-refractivity contribution < 1.29 is 20.1 Å². The molecule has 0 saturated carbocycles. The van der Waals surface area contributed by atoms with Gasteiger partial charge in [-0.2, -0.15) is 0 Å². The lowest BCUT2D eigenvalue weighted by atomic mass is 10.1. The summed E-state index contributed by atoms with van der Waals surface area (Å²) in [6.45, 7) is 0.491. The van der Waals surface area contributed by atoms with Crippen LogP contribution in [0.3, 0.4) is 0 Å². The summed E-state index contributed by atoms with van der Waals surface area (Å²) >= 11 is 0. The topological polar surface area (TPSA) is 81.0 Å². The minimum atomic E-state index is -0.402. The monoisotopic (exact) mass is 237 g/mol. The van der Waals surface area contributed by atoms with Crippen molar-refractivity contribution in [2.75, 3.05) is 13.2 Å². The van der Waals surface area contributed by atoms with Gasteiger partial charge >= 0.3 is 0 Å². The number of likely N-dealkylation sites (tertiary alicyclic amines) is 1.